The lowest BCUT2D eigenvalue weighted by Crippen LogP contribution is -1.98. The molecule has 0 unspecified atom stereocenters. The smallest absolute Gasteiger partial charge is 0.220 e. The third-order valence-corrected chi connectivity index (χ3v) is 2.36. The molecule has 0 amide bonds. The SMILES string of the molecule is Cc1cc(C)c(-c2ccnc(N)n2)c(F)c1. The minimum atomic E-state index is -0.282. The Bertz CT molecular complexity index is 515. The second kappa shape index (κ2) is 3.89. The molecular weight excluding hydrogens is 205 g/mol. The molecule has 0 atom stereocenters. The summed E-state index contributed by atoms with van der Waals surface area (Å²) in [6.45, 7) is 3.71. The number of nitrogens with two attached hydrogens (primary N) is 1. The van der Waals surface area contributed by atoms with Crippen molar-refractivity contribution in [3.8, 4) is 11.3 Å². The first-order valence-electron chi connectivity index (χ1n) is 4.93. The Kier molecular flexibility index (Phi) is 2.56. The monoisotopic (exact) mass is 217 g/mol. The van der Waals surface area contributed by atoms with Crippen LogP contribution in [0.3, 0.4) is 0 Å². The molecule has 16 heavy (non-hydrogen) atoms. The number of anilines is 1. The van der Waals surface area contributed by atoms with Gasteiger partial charge in [0.2, 0.25) is 5.95 Å². The van der Waals surface area contributed by atoms with Crippen LogP contribution in [-0.2, 0) is 0 Å². The Morgan fingerprint density at radius 2 is 2.00 bits per heavy atom. The summed E-state index contributed by atoms with van der Waals surface area (Å²) in [5.41, 5.74) is 8.22. The van der Waals surface area contributed by atoms with Gasteiger partial charge in [-0.2, -0.15) is 0 Å². The molecular formula is C12H12FN3. The summed E-state index contributed by atoms with van der Waals surface area (Å²) < 4.78 is 13.8. The van der Waals surface area contributed by atoms with Crippen LogP contribution < -0.4 is 5.73 Å². The molecule has 4 heteroatoms. The maximum atomic E-state index is 13.8. The summed E-state index contributed by atoms with van der Waals surface area (Å²) in [7, 11) is 0. The lowest BCUT2D eigenvalue weighted by Gasteiger charge is -2.08. The van der Waals surface area contributed by atoms with Crippen LogP contribution >= 0.6 is 0 Å². The Hall–Kier alpha value is -1.97. The van der Waals surface area contributed by atoms with Crippen molar-refractivity contribution in [1.29, 1.82) is 0 Å². The van der Waals surface area contributed by atoms with E-state index in [1.54, 1.807) is 6.07 Å². The molecule has 2 aromatic rings. The van der Waals surface area contributed by atoms with Gasteiger partial charge in [0.15, 0.2) is 0 Å². The predicted molar refractivity (Wildman–Crippen MR) is 61.3 cm³/mol. The fourth-order valence-electron chi connectivity index (χ4n) is 1.75. The Morgan fingerprint density at radius 1 is 1.25 bits per heavy atom. The van der Waals surface area contributed by atoms with Gasteiger partial charge in [0, 0.05) is 11.8 Å². The van der Waals surface area contributed by atoms with Gasteiger partial charge in [0.1, 0.15) is 5.82 Å². The van der Waals surface area contributed by atoms with Crippen LogP contribution in [0.5, 0.6) is 0 Å². The summed E-state index contributed by atoms with van der Waals surface area (Å²) in [6.07, 6.45) is 1.52. The van der Waals surface area contributed by atoms with Crippen LogP contribution in [0, 0.1) is 19.7 Å². The van der Waals surface area contributed by atoms with Gasteiger partial charge in [0.25, 0.3) is 0 Å². The second-order valence-electron chi connectivity index (χ2n) is 3.74. The molecule has 0 saturated carbocycles. The van der Waals surface area contributed by atoms with E-state index in [2.05, 4.69) is 9.97 Å². The Labute approximate surface area is 93.2 Å². The quantitative estimate of drug-likeness (QED) is 0.798. The van der Waals surface area contributed by atoms with Gasteiger partial charge < -0.3 is 5.73 Å². The summed E-state index contributed by atoms with van der Waals surface area (Å²) in [5.74, 6) is -0.132. The van der Waals surface area contributed by atoms with Gasteiger partial charge in [-0.1, -0.05) is 6.07 Å². The second-order valence-corrected chi connectivity index (χ2v) is 3.74. The lowest BCUT2D eigenvalue weighted by atomic mass is 10.0. The van der Waals surface area contributed by atoms with Gasteiger partial charge in [-0.15, -0.1) is 0 Å². The highest BCUT2D eigenvalue weighted by Gasteiger charge is 2.10. The van der Waals surface area contributed by atoms with Crippen molar-refractivity contribution in [3.05, 3.63) is 41.3 Å². The number of nitrogen functional groups attached to an aromatic ring is 1. The minimum Gasteiger partial charge on any atom is -0.368 e. The fraction of sp³-hybridized carbons (Fsp3) is 0.167. The molecule has 0 radical (unpaired) electrons. The standard InChI is InChI=1S/C12H12FN3/c1-7-5-8(2)11(9(13)6-7)10-3-4-15-12(14)16-10/h3-6H,1-2H3,(H2,14,15,16). The van der Waals surface area contributed by atoms with Crippen molar-refractivity contribution in [1.82, 2.24) is 9.97 Å². The van der Waals surface area contributed by atoms with Crippen molar-refractivity contribution in [2.45, 2.75) is 13.8 Å². The van der Waals surface area contributed by atoms with Gasteiger partial charge in [-0.3, -0.25) is 0 Å². The first-order valence-corrected chi connectivity index (χ1v) is 4.93. The molecule has 0 fully saturated rings. The fourth-order valence-corrected chi connectivity index (χ4v) is 1.75. The van der Waals surface area contributed by atoms with Crippen LogP contribution in [0.1, 0.15) is 11.1 Å². The average Bonchev–Trinajstić information content (AvgIpc) is 2.15. The van der Waals surface area contributed by atoms with Crippen molar-refractivity contribution < 1.29 is 4.39 Å². The first kappa shape index (κ1) is 10.5. The number of aryl methyl sites for hydroxylation is 2. The molecule has 2 rings (SSSR count). The summed E-state index contributed by atoms with van der Waals surface area (Å²) >= 11 is 0. The molecule has 1 aromatic heterocycles. The number of aromatic nitrogens is 2. The third-order valence-electron chi connectivity index (χ3n) is 2.36. The summed E-state index contributed by atoms with van der Waals surface area (Å²) in [5, 5.41) is 0. The van der Waals surface area contributed by atoms with Gasteiger partial charge in [-0.25, -0.2) is 14.4 Å². The molecule has 0 aliphatic heterocycles. The zero-order valence-electron chi connectivity index (χ0n) is 9.16. The largest absolute Gasteiger partial charge is 0.368 e. The highest BCUT2D eigenvalue weighted by atomic mass is 19.1. The Balaban J connectivity index is 2.64. The zero-order valence-corrected chi connectivity index (χ0v) is 9.16. The predicted octanol–water partition coefficient (Wildman–Crippen LogP) is 2.48. The number of nitrogens with zero attached hydrogens (tertiary/aromatic N) is 2. The van der Waals surface area contributed by atoms with E-state index in [9.17, 15) is 4.39 Å². The van der Waals surface area contributed by atoms with Gasteiger partial charge in [-0.05, 0) is 37.1 Å². The molecule has 0 bridgehead atoms. The van der Waals surface area contributed by atoms with E-state index < -0.39 is 0 Å². The molecule has 0 saturated heterocycles. The normalized spacial score (nSPS) is 10.4. The third kappa shape index (κ3) is 1.86. The van der Waals surface area contributed by atoms with Crippen molar-refractivity contribution in [3.63, 3.8) is 0 Å². The number of hydrogen-bond donors (Lipinski definition) is 1. The van der Waals surface area contributed by atoms with Gasteiger partial charge >= 0.3 is 0 Å². The number of hydrogen-bond acceptors (Lipinski definition) is 3. The average molecular weight is 217 g/mol. The topological polar surface area (TPSA) is 51.8 Å². The zero-order chi connectivity index (χ0) is 11.7. The number of benzene rings is 1. The highest BCUT2D eigenvalue weighted by molar-refractivity contribution is 5.65. The molecule has 0 aliphatic carbocycles. The number of rotatable bonds is 1. The molecule has 2 N–H and O–H groups in total. The Morgan fingerprint density at radius 3 is 2.62 bits per heavy atom. The van der Waals surface area contributed by atoms with E-state index in [1.807, 2.05) is 19.9 Å². The maximum absolute atomic E-state index is 13.8. The maximum Gasteiger partial charge on any atom is 0.220 e. The van der Waals surface area contributed by atoms with E-state index >= 15 is 0 Å². The molecule has 0 spiro atoms. The number of halogens is 1. The van der Waals surface area contributed by atoms with Crippen molar-refractivity contribution in [2.24, 2.45) is 0 Å². The molecule has 3 nitrogen and oxygen atoms in total. The summed E-state index contributed by atoms with van der Waals surface area (Å²) in [4.78, 5) is 7.81. The van der Waals surface area contributed by atoms with Crippen LogP contribution in [0.4, 0.5) is 10.3 Å². The molecule has 1 aromatic carbocycles. The van der Waals surface area contributed by atoms with Crippen molar-refractivity contribution in [2.75, 3.05) is 5.73 Å². The molecule has 1 heterocycles. The molecule has 0 aliphatic rings. The van der Waals surface area contributed by atoms with E-state index in [-0.39, 0.29) is 11.8 Å². The summed E-state index contributed by atoms with van der Waals surface area (Å²) in [6, 6.07) is 5.05. The van der Waals surface area contributed by atoms with E-state index in [1.165, 1.54) is 12.3 Å². The van der Waals surface area contributed by atoms with E-state index in [0.29, 0.717) is 11.3 Å². The minimum absolute atomic E-state index is 0.150. The van der Waals surface area contributed by atoms with Crippen LogP contribution in [-0.4, -0.2) is 9.97 Å². The molecule has 82 valence electrons. The van der Waals surface area contributed by atoms with E-state index in [0.717, 1.165) is 11.1 Å². The van der Waals surface area contributed by atoms with Crippen LogP contribution in [0.25, 0.3) is 11.3 Å². The highest BCUT2D eigenvalue weighted by Crippen LogP contribution is 2.26. The van der Waals surface area contributed by atoms with Crippen molar-refractivity contribution >= 4 is 5.95 Å². The first-order chi connectivity index (χ1) is 7.58. The van der Waals surface area contributed by atoms with E-state index in [4.69, 9.17) is 5.73 Å². The van der Waals surface area contributed by atoms with Gasteiger partial charge in [0.05, 0.1) is 5.69 Å². The van der Waals surface area contributed by atoms with Crippen LogP contribution in [0.15, 0.2) is 24.4 Å². The van der Waals surface area contributed by atoms with Crippen LogP contribution in [0.2, 0.25) is 0 Å². The lowest BCUT2D eigenvalue weighted by molar-refractivity contribution is 0.628.